The second-order valence-corrected chi connectivity index (χ2v) is 11.0. The minimum atomic E-state index is -4.77. The third-order valence-corrected chi connectivity index (χ3v) is 8.08. The number of hydrogen-bond acceptors (Lipinski definition) is 7. The Morgan fingerprint density at radius 3 is 2.11 bits per heavy atom. The van der Waals surface area contributed by atoms with Crippen LogP contribution in [0.5, 0.6) is 17.2 Å². The predicted octanol–water partition coefficient (Wildman–Crippen LogP) is 5.90. The zero-order chi connectivity index (χ0) is 30.0. The van der Waals surface area contributed by atoms with Gasteiger partial charge in [-0.05, 0) is 71.6 Å². The fraction of sp³-hybridized carbons (Fsp3) is 0.375. The van der Waals surface area contributed by atoms with Crippen molar-refractivity contribution in [2.45, 2.75) is 39.0 Å². The molecular weight excluding hydrogens is 630 g/mol. The first-order chi connectivity index (χ1) is 20.8. The lowest BCUT2D eigenvalue weighted by molar-refractivity contribution is -0.274. The van der Waals surface area contributed by atoms with Gasteiger partial charge in [0, 0.05) is 75.0 Å². The van der Waals surface area contributed by atoms with E-state index in [0.29, 0.717) is 12.1 Å². The number of aryl methyl sites for hydroxylation is 1. The van der Waals surface area contributed by atoms with E-state index < -0.39 is 6.36 Å². The highest BCUT2D eigenvalue weighted by atomic mass is 35.5. The zero-order valence-electron chi connectivity index (χ0n) is 24.7. The molecule has 0 bridgehead atoms. The first-order valence-corrected chi connectivity index (χ1v) is 14.5. The standard InChI is InChI=1S/C32H36F3N5O3.2ClH/c33-32(34,35)43-25-4-5-26(24(16-25)17-37)28-20-40(9-1-8-36)29-6-2-22(14-27(28)29)18-38-10-12-39(13-11-38)19-23-3-7-30-31(15-23)42-21-41-30;;/h2-7,14-16,20H,1,8-13,17-19,21,36-37H2;2*1H. The zero-order valence-corrected chi connectivity index (χ0v) is 26.4. The number of alkyl halides is 3. The van der Waals surface area contributed by atoms with Gasteiger partial charge in [-0.1, -0.05) is 18.2 Å². The van der Waals surface area contributed by atoms with Crippen LogP contribution in [0.3, 0.4) is 0 Å². The Kier molecular flexibility index (Phi) is 11.5. The molecule has 0 unspecified atom stereocenters. The van der Waals surface area contributed by atoms with Gasteiger partial charge in [-0.3, -0.25) is 9.80 Å². The Labute approximate surface area is 272 Å². The van der Waals surface area contributed by atoms with Gasteiger partial charge in [0.1, 0.15) is 5.75 Å². The van der Waals surface area contributed by atoms with Gasteiger partial charge in [0.25, 0.3) is 0 Å². The van der Waals surface area contributed by atoms with Crippen molar-refractivity contribution in [2.24, 2.45) is 11.5 Å². The molecule has 4 N–H and O–H groups in total. The van der Waals surface area contributed by atoms with Gasteiger partial charge < -0.3 is 30.2 Å². The maximum absolute atomic E-state index is 12.8. The van der Waals surface area contributed by atoms with E-state index >= 15 is 0 Å². The van der Waals surface area contributed by atoms with E-state index in [1.165, 1.54) is 23.3 Å². The summed E-state index contributed by atoms with van der Waals surface area (Å²) in [6, 6.07) is 17.0. The molecule has 1 aromatic heterocycles. The Morgan fingerprint density at radius 1 is 0.778 bits per heavy atom. The molecule has 3 aromatic carbocycles. The summed E-state index contributed by atoms with van der Waals surface area (Å²) in [6.07, 6.45) is -1.90. The highest BCUT2D eigenvalue weighted by Crippen LogP contribution is 2.37. The van der Waals surface area contributed by atoms with E-state index in [0.717, 1.165) is 85.8 Å². The maximum Gasteiger partial charge on any atom is 0.573 e. The lowest BCUT2D eigenvalue weighted by atomic mass is 9.98. The van der Waals surface area contributed by atoms with Crippen LogP contribution in [0.15, 0.2) is 60.8 Å². The summed E-state index contributed by atoms with van der Waals surface area (Å²) in [5.74, 6) is 1.34. The quantitative estimate of drug-likeness (QED) is 0.218. The summed E-state index contributed by atoms with van der Waals surface area (Å²) in [5.41, 5.74) is 17.6. The monoisotopic (exact) mass is 667 g/mol. The van der Waals surface area contributed by atoms with Crippen LogP contribution in [0.1, 0.15) is 23.1 Å². The molecule has 13 heteroatoms. The van der Waals surface area contributed by atoms with Crippen LogP contribution in [0.25, 0.3) is 22.0 Å². The van der Waals surface area contributed by atoms with Crippen LogP contribution >= 0.6 is 24.8 Å². The van der Waals surface area contributed by atoms with Crippen molar-refractivity contribution in [3.63, 3.8) is 0 Å². The molecule has 3 heterocycles. The van der Waals surface area contributed by atoms with Crippen LogP contribution in [0, 0.1) is 0 Å². The molecule has 0 atom stereocenters. The summed E-state index contributed by atoms with van der Waals surface area (Å²) in [6.45, 7) is 7.16. The Hall–Kier alpha value is -3.19. The summed E-state index contributed by atoms with van der Waals surface area (Å²) < 4.78 is 55.8. The van der Waals surface area contributed by atoms with Crippen molar-refractivity contribution in [1.29, 1.82) is 0 Å². The summed E-state index contributed by atoms with van der Waals surface area (Å²) in [7, 11) is 0. The normalized spacial score (nSPS) is 15.1. The molecule has 8 nitrogen and oxygen atoms in total. The van der Waals surface area contributed by atoms with Crippen LogP contribution in [-0.2, 0) is 26.2 Å². The average Bonchev–Trinajstić information content (AvgIpc) is 3.60. The molecule has 6 rings (SSSR count). The fourth-order valence-electron chi connectivity index (χ4n) is 5.96. The number of ether oxygens (including phenoxy) is 3. The van der Waals surface area contributed by atoms with Crippen LogP contribution in [-0.4, -0.2) is 60.2 Å². The third kappa shape index (κ3) is 8.16. The number of benzene rings is 3. The van der Waals surface area contributed by atoms with Crippen molar-refractivity contribution in [3.8, 4) is 28.4 Å². The van der Waals surface area contributed by atoms with Crippen molar-refractivity contribution >= 4 is 35.7 Å². The SMILES string of the molecule is Cl.Cl.NCCCn1cc(-c2ccc(OC(F)(F)F)cc2CN)c2cc(CN3CCN(Cc4ccc5c(c4)OCO5)CC3)ccc21. The Bertz CT molecular complexity index is 1590. The third-order valence-electron chi connectivity index (χ3n) is 8.08. The van der Waals surface area contributed by atoms with Gasteiger partial charge in [-0.2, -0.15) is 0 Å². The van der Waals surface area contributed by atoms with Gasteiger partial charge in [-0.15, -0.1) is 38.0 Å². The van der Waals surface area contributed by atoms with Gasteiger partial charge in [0.2, 0.25) is 6.79 Å². The number of piperazine rings is 1. The van der Waals surface area contributed by atoms with Gasteiger partial charge >= 0.3 is 6.36 Å². The lowest BCUT2D eigenvalue weighted by Crippen LogP contribution is -2.45. The van der Waals surface area contributed by atoms with Gasteiger partial charge in [-0.25, -0.2) is 0 Å². The first kappa shape index (κ1) is 34.7. The minimum Gasteiger partial charge on any atom is -0.454 e. The van der Waals surface area contributed by atoms with Crippen LogP contribution in [0.2, 0.25) is 0 Å². The summed E-state index contributed by atoms with van der Waals surface area (Å²) in [5, 5.41) is 1.04. The Morgan fingerprint density at radius 2 is 1.44 bits per heavy atom. The second kappa shape index (κ2) is 14.9. The Balaban J connectivity index is 0.00000230. The molecule has 1 saturated heterocycles. The predicted molar refractivity (Wildman–Crippen MR) is 173 cm³/mol. The van der Waals surface area contributed by atoms with Crippen molar-refractivity contribution < 1.29 is 27.4 Å². The number of nitrogens with two attached hydrogens (primary N) is 2. The van der Waals surface area contributed by atoms with Crippen molar-refractivity contribution in [3.05, 3.63) is 77.5 Å². The molecule has 1 fully saturated rings. The number of nitrogens with zero attached hydrogens (tertiary/aromatic N) is 3. The summed E-state index contributed by atoms with van der Waals surface area (Å²) in [4.78, 5) is 4.91. The number of fused-ring (bicyclic) bond motifs is 2. The molecule has 4 aromatic rings. The average molecular weight is 669 g/mol. The number of hydrogen-bond donors (Lipinski definition) is 2. The highest BCUT2D eigenvalue weighted by Gasteiger charge is 2.31. The molecule has 0 radical (unpaired) electrons. The molecule has 0 amide bonds. The van der Waals surface area contributed by atoms with Gasteiger partial charge in [0.05, 0.1) is 0 Å². The smallest absolute Gasteiger partial charge is 0.454 e. The van der Waals surface area contributed by atoms with E-state index in [-0.39, 0.29) is 43.9 Å². The van der Waals surface area contributed by atoms with Crippen molar-refractivity contribution in [1.82, 2.24) is 14.4 Å². The number of aromatic nitrogens is 1. The summed E-state index contributed by atoms with van der Waals surface area (Å²) >= 11 is 0. The topological polar surface area (TPSA) is 91.1 Å². The second-order valence-electron chi connectivity index (χ2n) is 11.0. The maximum atomic E-state index is 12.8. The molecular formula is C32H38Cl2F3N5O3. The minimum absolute atomic E-state index is 0. The van der Waals surface area contributed by atoms with Crippen LogP contribution < -0.4 is 25.7 Å². The highest BCUT2D eigenvalue weighted by molar-refractivity contribution is 5.97. The molecule has 0 aliphatic carbocycles. The van der Waals surface area contributed by atoms with E-state index in [4.69, 9.17) is 20.9 Å². The van der Waals surface area contributed by atoms with E-state index in [9.17, 15) is 13.2 Å². The van der Waals surface area contributed by atoms with Crippen LogP contribution in [0.4, 0.5) is 13.2 Å². The molecule has 0 spiro atoms. The van der Waals surface area contributed by atoms with E-state index in [1.54, 1.807) is 6.07 Å². The molecule has 2 aliphatic rings. The first-order valence-electron chi connectivity index (χ1n) is 14.5. The fourth-order valence-corrected chi connectivity index (χ4v) is 5.96. The number of halogens is 5. The lowest BCUT2D eigenvalue weighted by Gasteiger charge is -2.34. The molecule has 244 valence electrons. The largest absolute Gasteiger partial charge is 0.573 e. The number of rotatable bonds is 10. The van der Waals surface area contributed by atoms with Gasteiger partial charge in [0.15, 0.2) is 11.5 Å². The van der Waals surface area contributed by atoms with Crippen molar-refractivity contribution in [2.75, 3.05) is 39.5 Å². The molecule has 2 aliphatic heterocycles. The van der Waals surface area contributed by atoms with E-state index in [1.807, 2.05) is 6.07 Å². The molecule has 45 heavy (non-hydrogen) atoms. The van der Waals surface area contributed by atoms with E-state index in [2.05, 4.69) is 55.6 Å². The molecule has 0 saturated carbocycles.